The summed E-state index contributed by atoms with van der Waals surface area (Å²) >= 11 is 0. The van der Waals surface area contributed by atoms with Gasteiger partial charge in [0.15, 0.2) is 0 Å². The average molecular weight is 413 g/mol. The van der Waals surface area contributed by atoms with Crippen LogP contribution >= 0.6 is 0 Å². The minimum atomic E-state index is 1.07. The summed E-state index contributed by atoms with van der Waals surface area (Å²) in [6, 6.07) is 36.8. The fourth-order valence-electron chi connectivity index (χ4n) is 4.74. The summed E-state index contributed by atoms with van der Waals surface area (Å²) < 4.78 is 2.36. The Kier molecular flexibility index (Phi) is 4.62. The summed E-state index contributed by atoms with van der Waals surface area (Å²) in [4.78, 5) is 2.36. The molecule has 4 aromatic carbocycles. The lowest BCUT2D eigenvalue weighted by atomic mass is 10.1. The molecule has 6 rings (SSSR count). The number of aromatic nitrogens is 1. The van der Waals surface area contributed by atoms with Crippen LogP contribution in [0.5, 0.6) is 0 Å². The van der Waals surface area contributed by atoms with E-state index in [9.17, 15) is 0 Å². The van der Waals surface area contributed by atoms with E-state index in [0.29, 0.717) is 0 Å². The maximum Gasteiger partial charge on any atom is 0.0542 e. The Morgan fingerprint density at radius 1 is 0.594 bits per heavy atom. The second kappa shape index (κ2) is 7.90. The molecule has 0 atom stereocenters. The summed E-state index contributed by atoms with van der Waals surface area (Å²) in [5.74, 6) is 0. The van der Waals surface area contributed by atoms with Gasteiger partial charge in [-0.15, -0.1) is 0 Å². The van der Waals surface area contributed by atoms with E-state index in [1.54, 1.807) is 0 Å². The quantitative estimate of drug-likeness (QED) is 0.289. The number of anilines is 2. The number of benzene rings is 4. The molecule has 1 aliphatic carbocycles. The van der Waals surface area contributed by atoms with Crippen molar-refractivity contribution in [3.05, 3.63) is 127 Å². The summed E-state index contributed by atoms with van der Waals surface area (Å²) in [5.41, 5.74) is 7.23. The zero-order chi connectivity index (χ0) is 21.3. The van der Waals surface area contributed by atoms with E-state index in [0.717, 1.165) is 12.8 Å². The third-order valence-electron chi connectivity index (χ3n) is 6.18. The van der Waals surface area contributed by atoms with Crippen LogP contribution in [0.2, 0.25) is 0 Å². The molecule has 0 unspecified atom stereocenters. The molecule has 0 fully saturated rings. The maximum atomic E-state index is 2.36. The van der Waals surface area contributed by atoms with Gasteiger partial charge in [0.05, 0.1) is 11.0 Å². The molecule has 1 aromatic heterocycles. The topological polar surface area (TPSA) is 8.17 Å². The number of fused-ring (bicyclic) bond motifs is 3. The van der Waals surface area contributed by atoms with Gasteiger partial charge in [-0.3, -0.25) is 0 Å². The smallest absolute Gasteiger partial charge is 0.0542 e. The van der Waals surface area contributed by atoms with E-state index >= 15 is 0 Å². The number of nitrogens with zero attached hydrogens (tertiary/aromatic N) is 2. The number of hydrogen-bond acceptors (Lipinski definition) is 1. The number of rotatable bonds is 4. The first kappa shape index (κ1) is 18.7. The molecule has 2 nitrogen and oxygen atoms in total. The van der Waals surface area contributed by atoms with Crippen molar-refractivity contribution in [2.45, 2.75) is 12.8 Å². The van der Waals surface area contributed by atoms with E-state index < -0.39 is 0 Å². The van der Waals surface area contributed by atoms with Crippen LogP contribution < -0.4 is 4.90 Å². The normalized spacial score (nSPS) is 13.4. The van der Waals surface area contributed by atoms with Gasteiger partial charge in [-0.2, -0.15) is 0 Å². The average Bonchev–Trinajstić information content (AvgIpc) is 3.20. The second-order valence-corrected chi connectivity index (χ2v) is 8.17. The van der Waals surface area contributed by atoms with Crippen LogP contribution in [0.1, 0.15) is 12.8 Å². The molecule has 0 N–H and O–H groups in total. The van der Waals surface area contributed by atoms with Crippen LogP contribution in [-0.2, 0) is 0 Å². The Balaban J connectivity index is 1.60. The van der Waals surface area contributed by atoms with Crippen molar-refractivity contribution in [3.8, 4) is 5.69 Å². The maximum absolute atomic E-state index is 2.36. The predicted molar refractivity (Wildman–Crippen MR) is 136 cm³/mol. The molecule has 154 valence electrons. The zero-order valence-electron chi connectivity index (χ0n) is 17.9. The molecule has 32 heavy (non-hydrogen) atoms. The number of allylic oxidation sites excluding steroid dienone is 3. The fraction of sp³-hybridized carbons (Fsp3) is 0.0667. The molecule has 0 saturated carbocycles. The minimum absolute atomic E-state index is 1.07. The molecule has 5 aromatic rings. The van der Waals surface area contributed by atoms with Crippen LogP contribution in [0.4, 0.5) is 11.4 Å². The first-order chi connectivity index (χ1) is 15.9. The van der Waals surface area contributed by atoms with Gasteiger partial charge in [0.25, 0.3) is 0 Å². The Labute approximate surface area is 188 Å². The van der Waals surface area contributed by atoms with Crippen molar-refractivity contribution < 1.29 is 0 Å². The van der Waals surface area contributed by atoms with Gasteiger partial charge >= 0.3 is 0 Å². The van der Waals surface area contributed by atoms with Gasteiger partial charge in [0.2, 0.25) is 0 Å². The minimum Gasteiger partial charge on any atom is -0.311 e. The highest BCUT2D eigenvalue weighted by Crippen LogP contribution is 2.38. The zero-order valence-corrected chi connectivity index (χ0v) is 17.9. The molecule has 0 radical (unpaired) electrons. The summed E-state index contributed by atoms with van der Waals surface area (Å²) in [6.07, 6.45) is 9.03. The molecule has 0 bridgehead atoms. The molecule has 0 aliphatic heterocycles. The van der Waals surface area contributed by atoms with Crippen molar-refractivity contribution in [2.24, 2.45) is 0 Å². The molecule has 0 saturated heterocycles. The van der Waals surface area contributed by atoms with Crippen molar-refractivity contribution in [3.63, 3.8) is 0 Å². The van der Waals surface area contributed by atoms with Crippen LogP contribution in [0.3, 0.4) is 0 Å². The van der Waals surface area contributed by atoms with E-state index in [2.05, 4.69) is 131 Å². The number of hydrogen-bond donors (Lipinski definition) is 0. The molecular formula is C30H24N2. The van der Waals surface area contributed by atoms with Gasteiger partial charge < -0.3 is 9.47 Å². The van der Waals surface area contributed by atoms with E-state index in [1.165, 1.54) is 44.6 Å². The third kappa shape index (κ3) is 3.12. The largest absolute Gasteiger partial charge is 0.311 e. The molecule has 0 spiro atoms. The molecule has 2 heteroatoms. The highest BCUT2D eigenvalue weighted by molar-refractivity contribution is 6.10. The summed E-state index contributed by atoms with van der Waals surface area (Å²) in [7, 11) is 0. The van der Waals surface area contributed by atoms with Crippen LogP contribution in [0.15, 0.2) is 127 Å². The lowest BCUT2D eigenvalue weighted by Crippen LogP contribution is -2.16. The van der Waals surface area contributed by atoms with Crippen LogP contribution in [-0.4, -0.2) is 4.57 Å². The summed E-state index contributed by atoms with van der Waals surface area (Å²) in [6.45, 7) is 0. The first-order valence-electron chi connectivity index (χ1n) is 11.2. The third-order valence-corrected chi connectivity index (χ3v) is 6.18. The summed E-state index contributed by atoms with van der Waals surface area (Å²) in [5, 5.41) is 2.54. The Morgan fingerprint density at radius 3 is 2.09 bits per heavy atom. The monoisotopic (exact) mass is 412 g/mol. The lowest BCUT2D eigenvalue weighted by Gasteiger charge is -2.27. The molecule has 0 amide bonds. The van der Waals surface area contributed by atoms with Gasteiger partial charge in [0, 0.05) is 33.5 Å². The van der Waals surface area contributed by atoms with Gasteiger partial charge in [-0.1, -0.05) is 66.7 Å². The fourth-order valence-corrected chi connectivity index (χ4v) is 4.74. The molecule has 1 heterocycles. The SMILES string of the molecule is C1=CC(N(c2ccccc2)c2ccc3c(c2)c2ccccc2n3-c2ccccc2)=CCC1. The van der Waals surface area contributed by atoms with Crippen molar-refractivity contribution in [1.82, 2.24) is 4.57 Å². The van der Waals surface area contributed by atoms with Crippen LogP contribution in [0.25, 0.3) is 27.5 Å². The second-order valence-electron chi connectivity index (χ2n) is 8.17. The first-order valence-corrected chi connectivity index (χ1v) is 11.2. The number of para-hydroxylation sites is 3. The predicted octanol–water partition coefficient (Wildman–Crippen LogP) is 8.16. The molecular weight excluding hydrogens is 388 g/mol. The van der Waals surface area contributed by atoms with E-state index in [4.69, 9.17) is 0 Å². The van der Waals surface area contributed by atoms with Crippen molar-refractivity contribution in [1.29, 1.82) is 0 Å². The van der Waals surface area contributed by atoms with Gasteiger partial charge in [-0.05, 0) is 67.4 Å². The van der Waals surface area contributed by atoms with Crippen LogP contribution in [0, 0.1) is 0 Å². The Bertz CT molecular complexity index is 1460. The van der Waals surface area contributed by atoms with Gasteiger partial charge in [-0.25, -0.2) is 0 Å². The highest BCUT2D eigenvalue weighted by atomic mass is 15.1. The Hall–Kier alpha value is -4.04. The van der Waals surface area contributed by atoms with E-state index in [1.807, 2.05) is 0 Å². The lowest BCUT2D eigenvalue weighted by molar-refractivity contribution is 0.997. The highest BCUT2D eigenvalue weighted by Gasteiger charge is 2.17. The molecule has 1 aliphatic rings. The van der Waals surface area contributed by atoms with Gasteiger partial charge in [0.1, 0.15) is 0 Å². The Morgan fingerprint density at radius 2 is 1.31 bits per heavy atom. The van der Waals surface area contributed by atoms with E-state index in [-0.39, 0.29) is 0 Å². The van der Waals surface area contributed by atoms with Crippen molar-refractivity contribution in [2.75, 3.05) is 4.90 Å². The van der Waals surface area contributed by atoms with Crippen molar-refractivity contribution >= 4 is 33.2 Å². The standard InChI is InChI=1S/C30H24N2/c1-4-12-23(13-5-1)31(24-14-6-2-7-15-24)26-20-21-30-28(22-26)27-18-10-11-19-29(27)32(30)25-16-8-3-9-17-25/h1,3-6,8-22H,2,7H2.